The zero-order valence-corrected chi connectivity index (χ0v) is 20.2. The Morgan fingerprint density at radius 3 is 2.24 bits per heavy atom. The number of likely N-dealkylation sites (tertiary alicyclic amines) is 1. The van der Waals surface area contributed by atoms with Gasteiger partial charge in [0.25, 0.3) is 5.91 Å². The molecule has 0 unspecified atom stereocenters. The molecule has 34 heavy (non-hydrogen) atoms. The zero-order chi connectivity index (χ0) is 24.4. The molecule has 186 valence electrons. The number of carbonyl (C=O) groups excluding carboxylic acids is 1. The third-order valence-electron chi connectivity index (χ3n) is 5.65. The summed E-state index contributed by atoms with van der Waals surface area (Å²) in [6.45, 7) is 4.29. The lowest BCUT2D eigenvalue weighted by atomic mass is 10.1. The molecule has 2 aromatic carbocycles. The maximum absolute atomic E-state index is 12.8. The Kier molecular flexibility index (Phi) is 9.70. The topological polar surface area (TPSA) is 117 Å². The molecule has 1 heterocycles. The lowest BCUT2D eigenvalue weighted by Crippen LogP contribution is -2.53. The smallest absolute Gasteiger partial charge is 0.262 e. The molecular weight excluding hydrogens is 458 g/mol. The van der Waals surface area contributed by atoms with Crippen LogP contribution in [0.25, 0.3) is 0 Å². The van der Waals surface area contributed by atoms with E-state index in [1.807, 2.05) is 29.2 Å². The number of hydrogen-bond donors (Lipinski definition) is 3. The van der Waals surface area contributed by atoms with Crippen molar-refractivity contribution >= 4 is 15.9 Å². The van der Waals surface area contributed by atoms with Gasteiger partial charge in [-0.3, -0.25) is 14.9 Å². The van der Waals surface area contributed by atoms with Crippen LogP contribution in [0.1, 0.15) is 38.2 Å². The van der Waals surface area contributed by atoms with Crippen molar-refractivity contribution in [1.82, 2.24) is 15.1 Å². The second-order valence-electron chi connectivity index (χ2n) is 8.19. The molecule has 0 aliphatic carbocycles. The normalized spacial score (nSPS) is 15.5. The molecular formula is C24H33N3O6S. The molecule has 0 saturated carbocycles. The number of amides is 1. The number of nitrogens with one attached hydrogen (secondary N) is 2. The largest absolute Gasteiger partial charge is 0.494 e. The number of hydrogen-bond acceptors (Lipinski definition) is 7. The monoisotopic (exact) mass is 491 g/mol. The molecule has 0 radical (unpaired) electrons. The number of benzene rings is 2. The fourth-order valence-corrected chi connectivity index (χ4v) is 4.79. The first-order chi connectivity index (χ1) is 16.4. The van der Waals surface area contributed by atoms with Gasteiger partial charge in [0.2, 0.25) is 10.0 Å². The minimum Gasteiger partial charge on any atom is -0.494 e. The quantitative estimate of drug-likeness (QED) is 0.309. The van der Waals surface area contributed by atoms with Crippen molar-refractivity contribution in [3.63, 3.8) is 0 Å². The maximum atomic E-state index is 12.8. The molecule has 2 aromatic rings. The predicted molar refractivity (Wildman–Crippen MR) is 127 cm³/mol. The Morgan fingerprint density at radius 1 is 1.00 bits per heavy atom. The average molecular weight is 492 g/mol. The van der Waals surface area contributed by atoms with Crippen LogP contribution in [0.15, 0.2) is 53.4 Å². The summed E-state index contributed by atoms with van der Waals surface area (Å²) in [4.78, 5) is 14.1. The standard InChI is InChI=1S/C24H33N3O6S/c1-2-16-32-20-8-6-19(7-9-20)18-33-21-10-12-22(13-11-21)34(30,31)25-17-23(24(28)26-29)27-14-4-3-5-15-27/h6-13,23,25,29H,2-5,14-18H2,1H3,(H,26,28)/t23-/m0/s1. The average Bonchev–Trinajstić information content (AvgIpc) is 2.87. The van der Waals surface area contributed by atoms with Crippen LogP contribution in [0, 0.1) is 0 Å². The van der Waals surface area contributed by atoms with Crippen molar-refractivity contribution in [2.45, 2.75) is 50.2 Å². The van der Waals surface area contributed by atoms with Crippen molar-refractivity contribution in [3.05, 3.63) is 54.1 Å². The van der Waals surface area contributed by atoms with Crippen LogP contribution in [-0.4, -0.2) is 56.7 Å². The molecule has 1 amide bonds. The van der Waals surface area contributed by atoms with Gasteiger partial charge in [-0.25, -0.2) is 18.6 Å². The Balaban J connectivity index is 1.55. The van der Waals surface area contributed by atoms with Crippen LogP contribution in [0.4, 0.5) is 0 Å². The van der Waals surface area contributed by atoms with E-state index in [2.05, 4.69) is 11.6 Å². The molecule has 0 aromatic heterocycles. The SMILES string of the molecule is CCCOc1ccc(COc2ccc(S(=O)(=O)NC[C@@H](C(=O)NO)N3CCCCC3)cc2)cc1. The molecule has 1 atom stereocenters. The minimum absolute atomic E-state index is 0.0686. The number of hydroxylamine groups is 1. The third kappa shape index (κ3) is 7.42. The van der Waals surface area contributed by atoms with E-state index in [9.17, 15) is 13.2 Å². The van der Waals surface area contributed by atoms with Gasteiger partial charge in [-0.1, -0.05) is 25.5 Å². The highest BCUT2D eigenvalue weighted by Gasteiger charge is 2.28. The first-order valence-electron chi connectivity index (χ1n) is 11.5. The fraction of sp³-hybridized carbons (Fsp3) is 0.458. The van der Waals surface area contributed by atoms with E-state index in [0.29, 0.717) is 32.1 Å². The van der Waals surface area contributed by atoms with Gasteiger partial charge in [0.05, 0.1) is 11.5 Å². The van der Waals surface area contributed by atoms with Gasteiger partial charge in [0, 0.05) is 6.54 Å². The number of piperidine rings is 1. The van der Waals surface area contributed by atoms with Crippen LogP contribution >= 0.6 is 0 Å². The van der Waals surface area contributed by atoms with Gasteiger partial charge < -0.3 is 9.47 Å². The van der Waals surface area contributed by atoms with Crippen molar-refractivity contribution < 1.29 is 27.9 Å². The summed E-state index contributed by atoms with van der Waals surface area (Å²) < 4.78 is 39.3. The number of nitrogens with zero attached hydrogens (tertiary/aromatic N) is 1. The molecule has 1 aliphatic rings. The highest BCUT2D eigenvalue weighted by atomic mass is 32.2. The molecule has 9 nitrogen and oxygen atoms in total. The van der Waals surface area contributed by atoms with E-state index in [1.165, 1.54) is 12.1 Å². The van der Waals surface area contributed by atoms with Crippen LogP contribution in [0.3, 0.4) is 0 Å². The maximum Gasteiger partial charge on any atom is 0.262 e. The third-order valence-corrected chi connectivity index (χ3v) is 7.09. The number of ether oxygens (including phenoxy) is 2. The highest BCUT2D eigenvalue weighted by Crippen LogP contribution is 2.19. The molecule has 10 heteroatoms. The number of carbonyl (C=O) groups is 1. The summed E-state index contributed by atoms with van der Waals surface area (Å²) in [7, 11) is -3.84. The molecule has 3 rings (SSSR count). The lowest BCUT2D eigenvalue weighted by Gasteiger charge is -2.33. The van der Waals surface area contributed by atoms with E-state index in [4.69, 9.17) is 14.7 Å². The summed E-state index contributed by atoms with van der Waals surface area (Å²) >= 11 is 0. The van der Waals surface area contributed by atoms with Crippen LogP contribution in [0.5, 0.6) is 11.5 Å². The fourth-order valence-electron chi connectivity index (χ4n) is 3.75. The van der Waals surface area contributed by atoms with Crippen molar-refractivity contribution in [2.24, 2.45) is 0 Å². The molecule has 1 saturated heterocycles. The first-order valence-corrected chi connectivity index (χ1v) is 13.0. The van der Waals surface area contributed by atoms with E-state index >= 15 is 0 Å². The van der Waals surface area contributed by atoms with Crippen LogP contribution < -0.4 is 19.7 Å². The lowest BCUT2D eigenvalue weighted by molar-refractivity contribution is -0.135. The molecule has 0 bridgehead atoms. The summed E-state index contributed by atoms with van der Waals surface area (Å²) in [5.41, 5.74) is 2.61. The molecule has 3 N–H and O–H groups in total. The summed E-state index contributed by atoms with van der Waals surface area (Å²) in [5.74, 6) is 0.723. The molecule has 1 aliphatic heterocycles. The number of rotatable bonds is 12. The Labute approximate surface area is 201 Å². The van der Waals surface area contributed by atoms with Crippen molar-refractivity contribution in [2.75, 3.05) is 26.2 Å². The van der Waals surface area contributed by atoms with Gasteiger partial charge >= 0.3 is 0 Å². The summed E-state index contributed by atoms with van der Waals surface area (Å²) in [6, 6.07) is 13.0. The van der Waals surface area contributed by atoms with E-state index < -0.39 is 22.0 Å². The number of sulfonamides is 1. The second-order valence-corrected chi connectivity index (χ2v) is 9.96. The van der Waals surface area contributed by atoms with Crippen LogP contribution in [-0.2, 0) is 21.4 Å². The summed E-state index contributed by atoms with van der Waals surface area (Å²) in [5, 5.41) is 9.07. The Hall–Kier alpha value is -2.66. The Bertz CT molecular complexity index is 1010. The summed E-state index contributed by atoms with van der Waals surface area (Å²) in [6.07, 6.45) is 3.88. The van der Waals surface area contributed by atoms with E-state index in [-0.39, 0.29) is 11.4 Å². The predicted octanol–water partition coefficient (Wildman–Crippen LogP) is 2.69. The molecule has 0 spiro atoms. The van der Waals surface area contributed by atoms with Gasteiger partial charge in [0.1, 0.15) is 24.1 Å². The van der Waals surface area contributed by atoms with Crippen molar-refractivity contribution in [1.29, 1.82) is 0 Å². The second kappa shape index (κ2) is 12.7. The highest BCUT2D eigenvalue weighted by molar-refractivity contribution is 7.89. The Morgan fingerprint density at radius 2 is 1.62 bits per heavy atom. The van der Waals surface area contributed by atoms with Crippen molar-refractivity contribution in [3.8, 4) is 11.5 Å². The first kappa shape index (κ1) is 26.0. The minimum atomic E-state index is -3.84. The zero-order valence-electron chi connectivity index (χ0n) is 19.4. The van der Waals surface area contributed by atoms with Gasteiger partial charge in [-0.2, -0.15) is 0 Å². The van der Waals surface area contributed by atoms with E-state index in [0.717, 1.165) is 37.0 Å². The van der Waals surface area contributed by atoms with Crippen LogP contribution in [0.2, 0.25) is 0 Å². The van der Waals surface area contributed by atoms with Gasteiger partial charge in [-0.05, 0) is 74.3 Å². The molecule has 1 fully saturated rings. The van der Waals surface area contributed by atoms with Gasteiger partial charge in [0.15, 0.2) is 0 Å². The van der Waals surface area contributed by atoms with E-state index in [1.54, 1.807) is 17.6 Å². The van der Waals surface area contributed by atoms with Gasteiger partial charge in [-0.15, -0.1) is 0 Å².